The zero-order chi connectivity index (χ0) is 20.3. The molecule has 0 aliphatic heterocycles. The summed E-state index contributed by atoms with van der Waals surface area (Å²) < 4.78 is 21.3. The van der Waals surface area contributed by atoms with Gasteiger partial charge in [-0.05, 0) is 56.5 Å². The maximum absolute atomic E-state index is 12.5. The average molecular weight is 398 g/mol. The van der Waals surface area contributed by atoms with Crippen LogP contribution in [0.3, 0.4) is 0 Å². The molecule has 0 aliphatic rings. The molecule has 148 valence electrons. The van der Waals surface area contributed by atoms with Gasteiger partial charge >= 0.3 is 0 Å². The van der Waals surface area contributed by atoms with Crippen molar-refractivity contribution in [2.45, 2.75) is 45.4 Å². The largest absolute Gasteiger partial charge is 0.598 e. The molecule has 0 bridgehead atoms. The van der Waals surface area contributed by atoms with E-state index < -0.39 is 11.4 Å². The third-order valence-electron chi connectivity index (χ3n) is 4.42. The molecular formula is C22H27N3O2S. The summed E-state index contributed by atoms with van der Waals surface area (Å²) >= 11 is -1.14. The van der Waals surface area contributed by atoms with E-state index in [2.05, 4.69) is 28.8 Å². The van der Waals surface area contributed by atoms with E-state index in [1.54, 1.807) is 0 Å². The number of nitrogens with zero attached hydrogens (tertiary/aromatic N) is 2. The first-order chi connectivity index (χ1) is 13.3. The lowest BCUT2D eigenvalue weighted by molar-refractivity contribution is 0.452. The van der Waals surface area contributed by atoms with Crippen LogP contribution in [0.15, 0.2) is 59.0 Å². The lowest BCUT2D eigenvalue weighted by Gasteiger charge is -2.30. The number of nitrogens with one attached hydrogen (secondary N) is 1. The van der Waals surface area contributed by atoms with Gasteiger partial charge in [0.25, 0.3) is 0 Å². The highest BCUT2D eigenvalue weighted by Crippen LogP contribution is 2.29. The van der Waals surface area contributed by atoms with Crippen LogP contribution in [0.1, 0.15) is 46.2 Å². The van der Waals surface area contributed by atoms with Gasteiger partial charge in [0.15, 0.2) is 0 Å². The predicted molar refractivity (Wildman–Crippen MR) is 114 cm³/mol. The molecule has 1 aromatic heterocycles. The van der Waals surface area contributed by atoms with Gasteiger partial charge in [-0.1, -0.05) is 44.2 Å². The molecule has 2 atom stereocenters. The summed E-state index contributed by atoms with van der Waals surface area (Å²) in [7, 11) is 0. The van der Waals surface area contributed by atoms with Gasteiger partial charge in [-0.3, -0.25) is 0 Å². The van der Waals surface area contributed by atoms with Gasteiger partial charge in [0.05, 0.1) is 6.04 Å². The number of hydrogen-bond acceptors (Lipinski definition) is 5. The van der Waals surface area contributed by atoms with Gasteiger partial charge in [-0.15, -0.1) is 14.9 Å². The first-order valence-corrected chi connectivity index (χ1v) is 10.6. The molecule has 2 unspecified atom stereocenters. The van der Waals surface area contributed by atoms with Crippen molar-refractivity contribution in [2.75, 3.05) is 0 Å². The zero-order valence-corrected chi connectivity index (χ0v) is 17.8. The molecule has 5 nitrogen and oxygen atoms in total. The van der Waals surface area contributed by atoms with Crippen LogP contribution in [-0.4, -0.2) is 19.5 Å². The lowest BCUT2D eigenvalue weighted by atomic mass is 9.96. The Bertz CT molecular complexity index is 886. The van der Waals surface area contributed by atoms with Crippen molar-refractivity contribution in [1.82, 2.24) is 14.9 Å². The molecule has 0 saturated heterocycles. The van der Waals surface area contributed by atoms with Crippen LogP contribution in [0, 0.1) is 5.92 Å². The molecule has 0 fully saturated rings. The van der Waals surface area contributed by atoms with E-state index in [9.17, 15) is 4.55 Å². The Kier molecular flexibility index (Phi) is 6.23. The van der Waals surface area contributed by atoms with Crippen LogP contribution in [-0.2, 0) is 11.4 Å². The fourth-order valence-corrected chi connectivity index (χ4v) is 3.74. The predicted octanol–water partition coefficient (Wildman–Crippen LogP) is 5.15. The maximum atomic E-state index is 12.5. The van der Waals surface area contributed by atoms with E-state index in [0.29, 0.717) is 17.7 Å². The van der Waals surface area contributed by atoms with E-state index in [1.165, 1.54) is 0 Å². The highest BCUT2D eigenvalue weighted by Gasteiger charge is 2.31. The van der Waals surface area contributed by atoms with Crippen molar-refractivity contribution in [3.63, 3.8) is 0 Å². The van der Waals surface area contributed by atoms with Crippen molar-refractivity contribution in [3.05, 3.63) is 60.2 Å². The Labute approximate surface area is 169 Å². The van der Waals surface area contributed by atoms with E-state index in [-0.39, 0.29) is 10.8 Å². The fourth-order valence-electron chi connectivity index (χ4n) is 2.75. The second-order valence-electron chi connectivity index (χ2n) is 8.12. The summed E-state index contributed by atoms with van der Waals surface area (Å²) in [6.07, 6.45) is 0. The Morgan fingerprint density at radius 1 is 0.893 bits per heavy atom. The highest BCUT2D eigenvalue weighted by atomic mass is 32.2. The van der Waals surface area contributed by atoms with Gasteiger partial charge in [-0.25, -0.2) is 0 Å². The van der Waals surface area contributed by atoms with E-state index in [1.807, 2.05) is 75.4 Å². The Hall–Kier alpha value is -2.15. The van der Waals surface area contributed by atoms with Crippen LogP contribution in [0.2, 0.25) is 0 Å². The normalized spacial score (nSPS) is 14.2. The van der Waals surface area contributed by atoms with Gasteiger partial charge in [-0.2, -0.15) is 0 Å². The van der Waals surface area contributed by atoms with Gasteiger partial charge in [0.2, 0.25) is 11.8 Å². The average Bonchev–Trinajstić information content (AvgIpc) is 3.16. The summed E-state index contributed by atoms with van der Waals surface area (Å²) in [5, 5.41) is 8.32. The van der Waals surface area contributed by atoms with Crippen LogP contribution in [0.25, 0.3) is 22.9 Å². The van der Waals surface area contributed by atoms with Crippen LogP contribution in [0.4, 0.5) is 0 Å². The van der Waals surface area contributed by atoms with Gasteiger partial charge in [0.1, 0.15) is 4.75 Å². The Morgan fingerprint density at radius 2 is 1.43 bits per heavy atom. The molecule has 3 rings (SSSR count). The smallest absolute Gasteiger partial charge is 0.248 e. The summed E-state index contributed by atoms with van der Waals surface area (Å²) in [5.41, 5.74) is 2.84. The highest BCUT2D eigenvalue weighted by molar-refractivity contribution is 7.90. The first kappa shape index (κ1) is 20.6. The monoisotopic (exact) mass is 397 g/mol. The second-order valence-corrected chi connectivity index (χ2v) is 10.1. The summed E-state index contributed by atoms with van der Waals surface area (Å²) in [4.78, 5) is 0. The lowest BCUT2D eigenvalue weighted by Crippen LogP contribution is -2.42. The van der Waals surface area contributed by atoms with Crippen molar-refractivity contribution < 1.29 is 8.97 Å². The zero-order valence-electron chi connectivity index (χ0n) is 17.0. The minimum Gasteiger partial charge on any atom is -0.598 e. The van der Waals surface area contributed by atoms with Crippen LogP contribution >= 0.6 is 0 Å². The molecular weight excluding hydrogens is 370 g/mol. The maximum Gasteiger partial charge on any atom is 0.248 e. The van der Waals surface area contributed by atoms with Crippen molar-refractivity contribution in [2.24, 2.45) is 5.92 Å². The third-order valence-corrected chi connectivity index (χ3v) is 6.00. The molecule has 1 N–H and O–H groups in total. The summed E-state index contributed by atoms with van der Waals surface area (Å²) in [6, 6.07) is 17.7. The van der Waals surface area contributed by atoms with Crippen molar-refractivity contribution >= 4 is 11.4 Å². The Morgan fingerprint density at radius 3 is 1.93 bits per heavy atom. The Balaban J connectivity index is 1.79. The quantitative estimate of drug-likeness (QED) is 0.582. The second kappa shape index (κ2) is 8.47. The molecule has 6 heteroatoms. The molecule has 0 radical (unpaired) electrons. The molecule has 2 aromatic carbocycles. The summed E-state index contributed by atoms with van der Waals surface area (Å²) in [5.74, 6) is 1.28. The SMILES string of the molecule is CC(C)C(N[S+]([O-])C(C)(C)C)c1ccc(-c2nnc(-c3ccccc3)o2)cc1. The minimum absolute atomic E-state index is 0.00308. The van der Waals surface area contributed by atoms with Crippen molar-refractivity contribution in [1.29, 1.82) is 0 Å². The molecule has 28 heavy (non-hydrogen) atoms. The number of rotatable bonds is 6. The first-order valence-electron chi connectivity index (χ1n) is 9.43. The van der Waals surface area contributed by atoms with E-state index >= 15 is 0 Å². The number of hydrogen-bond donors (Lipinski definition) is 1. The fraction of sp³-hybridized carbons (Fsp3) is 0.364. The molecule has 0 aliphatic carbocycles. The summed E-state index contributed by atoms with van der Waals surface area (Å²) in [6.45, 7) is 10.1. The molecule has 0 amide bonds. The molecule has 3 aromatic rings. The van der Waals surface area contributed by atoms with Gasteiger partial charge < -0.3 is 8.97 Å². The van der Waals surface area contributed by atoms with Crippen LogP contribution in [0.5, 0.6) is 0 Å². The third kappa shape index (κ3) is 4.82. The molecule has 1 heterocycles. The van der Waals surface area contributed by atoms with Gasteiger partial charge in [0, 0.05) is 22.5 Å². The van der Waals surface area contributed by atoms with Crippen molar-refractivity contribution in [3.8, 4) is 22.9 Å². The van der Waals surface area contributed by atoms with E-state index in [4.69, 9.17) is 4.42 Å². The topological polar surface area (TPSA) is 74.0 Å². The van der Waals surface area contributed by atoms with E-state index in [0.717, 1.165) is 16.7 Å². The van der Waals surface area contributed by atoms with Crippen LogP contribution < -0.4 is 4.72 Å². The number of benzene rings is 2. The number of aromatic nitrogens is 2. The minimum atomic E-state index is -1.14. The molecule has 0 spiro atoms. The molecule has 0 saturated carbocycles. The standard InChI is InChI=1S/C22H27N3O2S/c1-15(2)19(25-28(26)22(3,4)5)16-11-13-18(14-12-16)21-24-23-20(27-21)17-9-7-6-8-10-17/h6-15,19,25H,1-5H3.